The molecule has 1 aromatic rings. The Morgan fingerprint density at radius 3 is 2.62 bits per heavy atom. The first kappa shape index (κ1) is 16.3. The van der Waals surface area contributed by atoms with E-state index in [9.17, 15) is 15.0 Å². The Labute approximate surface area is 130 Å². The number of halogens is 1. The van der Waals surface area contributed by atoms with Crippen molar-refractivity contribution in [3.8, 4) is 0 Å². The van der Waals surface area contributed by atoms with Gasteiger partial charge in [-0.3, -0.25) is 4.79 Å². The monoisotopic (exact) mass is 311 g/mol. The Morgan fingerprint density at radius 1 is 1.24 bits per heavy atom. The molecular formula is C16H22ClNO3. The Hall–Kier alpha value is -1.10. The van der Waals surface area contributed by atoms with Gasteiger partial charge < -0.3 is 15.1 Å². The highest BCUT2D eigenvalue weighted by molar-refractivity contribution is 6.30. The van der Waals surface area contributed by atoms with Crippen LogP contribution in [0.2, 0.25) is 5.02 Å². The molecule has 0 aliphatic carbocycles. The molecule has 116 valence electrons. The molecule has 2 rings (SSSR count). The molecule has 21 heavy (non-hydrogen) atoms. The van der Waals surface area contributed by atoms with Crippen LogP contribution in [0.15, 0.2) is 24.3 Å². The molecule has 1 amide bonds. The topological polar surface area (TPSA) is 60.8 Å². The molecule has 0 aromatic heterocycles. The third-order valence-corrected chi connectivity index (χ3v) is 4.36. The summed E-state index contributed by atoms with van der Waals surface area (Å²) >= 11 is 5.84. The molecule has 1 aromatic carbocycles. The molecule has 0 spiro atoms. The second kappa shape index (κ2) is 7.25. The molecule has 5 heteroatoms. The predicted octanol–water partition coefficient (Wildman–Crippen LogP) is 2.01. The molecule has 1 saturated heterocycles. The molecule has 4 nitrogen and oxygen atoms in total. The van der Waals surface area contributed by atoms with E-state index in [0.717, 1.165) is 12.0 Å². The molecule has 1 unspecified atom stereocenters. The van der Waals surface area contributed by atoms with Gasteiger partial charge in [0.2, 0.25) is 5.91 Å². The highest BCUT2D eigenvalue weighted by Crippen LogP contribution is 2.22. The fourth-order valence-electron chi connectivity index (χ4n) is 2.65. The summed E-state index contributed by atoms with van der Waals surface area (Å²) in [6.45, 7) is 0.929. The van der Waals surface area contributed by atoms with E-state index in [2.05, 4.69) is 0 Å². The van der Waals surface area contributed by atoms with E-state index in [0.29, 0.717) is 43.8 Å². The molecule has 2 N–H and O–H groups in total. The molecular weight excluding hydrogens is 290 g/mol. The third kappa shape index (κ3) is 4.70. The van der Waals surface area contributed by atoms with Crippen molar-refractivity contribution in [3.63, 3.8) is 0 Å². The number of aliphatic hydroxyl groups excluding tert-OH is 1. The largest absolute Gasteiger partial charge is 0.393 e. The second-order valence-electron chi connectivity index (χ2n) is 5.74. The van der Waals surface area contributed by atoms with Crippen molar-refractivity contribution < 1.29 is 15.0 Å². The van der Waals surface area contributed by atoms with E-state index in [4.69, 9.17) is 11.6 Å². The smallest absolute Gasteiger partial charge is 0.222 e. The SMILES string of the molecule is O=C(CCc1ccc(Cl)cc1)N1CCCC(O)(CO)CC1. The van der Waals surface area contributed by atoms with Crippen LogP contribution in [-0.2, 0) is 11.2 Å². The molecule has 1 fully saturated rings. The van der Waals surface area contributed by atoms with Gasteiger partial charge in [0.1, 0.15) is 0 Å². The van der Waals surface area contributed by atoms with Crippen LogP contribution in [0.4, 0.5) is 0 Å². The van der Waals surface area contributed by atoms with Crippen molar-refractivity contribution in [1.82, 2.24) is 4.90 Å². The van der Waals surface area contributed by atoms with E-state index in [-0.39, 0.29) is 12.5 Å². The van der Waals surface area contributed by atoms with E-state index in [1.165, 1.54) is 0 Å². The van der Waals surface area contributed by atoms with Crippen molar-refractivity contribution in [2.75, 3.05) is 19.7 Å². The zero-order valence-corrected chi connectivity index (χ0v) is 12.9. The number of amides is 1. The highest BCUT2D eigenvalue weighted by Gasteiger charge is 2.30. The first-order valence-corrected chi connectivity index (χ1v) is 7.76. The number of carbonyl (C=O) groups is 1. The van der Waals surface area contributed by atoms with Crippen LogP contribution in [0.1, 0.15) is 31.2 Å². The average Bonchev–Trinajstić information content (AvgIpc) is 2.69. The maximum absolute atomic E-state index is 12.2. The van der Waals surface area contributed by atoms with E-state index < -0.39 is 5.60 Å². The normalized spacial score (nSPS) is 22.9. The molecule has 0 radical (unpaired) electrons. The summed E-state index contributed by atoms with van der Waals surface area (Å²) in [4.78, 5) is 14.0. The molecule has 1 heterocycles. The Bertz CT molecular complexity index is 477. The zero-order valence-electron chi connectivity index (χ0n) is 12.1. The number of aryl methyl sites for hydroxylation is 1. The van der Waals surface area contributed by atoms with Crippen molar-refractivity contribution in [2.45, 2.75) is 37.7 Å². The van der Waals surface area contributed by atoms with Gasteiger partial charge in [-0.15, -0.1) is 0 Å². The average molecular weight is 312 g/mol. The first-order chi connectivity index (χ1) is 10.0. The fourth-order valence-corrected chi connectivity index (χ4v) is 2.77. The van der Waals surface area contributed by atoms with E-state index in [1.54, 1.807) is 4.90 Å². The Balaban J connectivity index is 1.84. The van der Waals surface area contributed by atoms with E-state index >= 15 is 0 Å². The number of carbonyl (C=O) groups excluding carboxylic acids is 1. The van der Waals surface area contributed by atoms with Gasteiger partial charge in [0.05, 0.1) is 12.2 Å². The van der Waals surface area contributed by atoms with Gasteiger partial charge in [-0.1, -0.05) is 23.7 Å². The second-order valence-corrected chi connectivity index (χ2v) is 6.18. The van der Waals surface area contributed by atoms with Crippen LogP contribution < -0.4 is 0 Å². The van der Waals surface area contributed by atoms with Crippen molar-refractivity contribution in [2.24, 2.45) is 0 Å². The van der Waals surface area contributed by atoms with E-state index in [1.807, 2.05) is 24.3 Å². The number of rotatable bonds is 4. The van der Waals surface area contributed by atoms with Crippen LogP contribution in [0.25, 0.3) is 0 Å². The fraction of sp³-hybridized carbons (Fsp3) is 0.562. The number of likely N-dealkylation sites (tertiary alicyclic amines) is 1. The lowest BCUT2D eigenvalue weighted by Crippen LogP contribution is -2.36. The maximum atomic E-state index is 12.2. The van der Waals surface area contributed by atoms with Crippen molar-refractivity contribution in [3.05, 3.63) is 34.9 Å². The number of aliphatic hydroxyl groups is 2. The molecule has 0 bridgehead atoms. The van der Waals surface area contributed by atoms with Crippen LogP contribution in [0.3, 0.4) is 0 Å². The van der Waals surface area contributed by atoms with Crippen LogP contribution in [-0.4, -0.2) is 46.3 Å². The minimum atomic E-state index is -1.02. The minimum Gasteiger partial charge on any atom is -0.393 e. The number of hydrogen-bond donors (Lipinski definition) is 2. The molecule has 1 aliphatic rings. The maximum Gasteiger partial charge on any atom is 0.222 e. The lowest BCUT2D eigenvalue weighted by Gasteiger charge is -2.24. The van der Waals surface area contributed by atoms with Crippen molar-refractivity contribution in [1.29, 1.82) is 0 Å². The van der Waals surface area contributed by atoms with Crippen LogP contribution in [0, 0.1) is 0 Å². The highest BCUT2D eigenvalue weighted by atomic mass is 35.5. The summed E-state index contributed by atoms with van der Waals surface area (Å²) in [6.07, 6.45) is 2.86. The first-order valence-electron chi connectivity index (χ1n) is 7.38. The lowest BCUT2D eigenvalue weighted by molar-refractivity contribution is -0.131. The molecule has 1 atom stereocenters. The van der Waals surface area contributed by atoms with Gasteiger partial charge >= 0.3 is 0 Å². The summed E-state index contributed by atoms with van der Waals surface area (Å²) in [6, 6.07) is 7.52. The third-order valence-electron chi connectivity index (χ3n) is 4.11. The summed E-state index contributed by atoms with van der Waals surface area (Å²) in [5, 5.41) is 20.0. The Morgan fingerprint density at radius 2 is 1.95 bits per heavy atom. The van der Waals surface area contributed by atoms with Gasteiger partial charge in [0.25, 0.3) is 0 Å². The standard InChI is InChI=1S/C16H22ClNO3/c17-14-5-2-13(3-6-14)4-7-15(20)18-10-1-8-16(21,12-19)9-11-18/h2-3,5-6,19,21H,1,4,7-12H2. The van der Waals surface area contributed by atoms with Crippen molar-refractivity contribution >= 4 is 17.5 Å². The number of nitrogens with zero attached hydrogens (tertiary/aromatic N) is 1. The molecule has 0 saturated carbocycles. The zero-order chi connectivity index (χ0) is 15.3. The summed E-state index contributed by atoms with van der Waals surface area (Å²) in [7, 11) is 0. The minimum absolute atomic E-state index is 0.104. The van der Waals surface area contributed by atoms with Gasteiger partial charge in [-0.2, -0.15) is 0 Å². The van der Waals surface area contributed by atoms with Gasteiger partial charge in [-0.05, 0) is 43.4 Å². The number of benzene rings is 1. The number of hydrogen-bond acceptors (Lipinski definition) is 3. The Kier molecular flexibility index (Phi) is 5.62. The summed E-state index contributed by atoms with van der Waals surface area (Å²) in [5.41, 5.74) is 0.0695. The van der Waals surface area contributed by atoms with Gasteiger partial charge in [0, 0.05) is 24.5 Å². The van der Waals surface area contributed by atoms with Crippen LogP contribution in [0.5, 0.6) is 0 Å². The quantitative estimate of drug-likeness (QED) is 0.894. The summed E-state index contributed by atoms with van der Waals surface area (Å²) < 4.78 is 0. The predicted molar refractivity (Wildman–Crippen MR) is 82.2 cm³/mol. The van der Waals surface area contributed by atoms with Crippen LogP contribution >= 0.6 is 11.6 Å². The van der Waals surface area contributed by atoms with Gasteiger partial charge in [-0.25, -0.2) is 0 Å². The molecule has 1 aliphatic heterocycles. The lowest BCUT2D eigenvalue weighted by atomic mass is 9.96. The summed E-state index contributed by atoms with van der Waals surface area (Å²) in [5.74, 6) is 0.104. The van der Waals surface area contributed by atoms with Gasteiger partial charge in [0.15, 0.2) is 0 Å².